The molecule has 3 heteroatoms. The van der Waals surface area contributed by atoms with Crippen molar-refractivity contribution in [1.29, 1.82) is 0 Å². The second-order valence-electron chi connectivity index (χ2n) is 5.54. The van der Waals surface area contributed by atoms with Gasteiger partial charge in [-0.1, -0.05) is 30.4 Å². The first kappa shape index (κ1) is 12.4. The van der Waals surface area contributed by atoms with Gasteiger partial charge in [-0.15, -0.1) is 0 Å². The molecule has 0 unspecified atom stereocenters. The van der Waals surface area contributed by atoms with E-state index in [2.05, 4.69) is 47.8 Å². The second-order valence-corrected chi connectivity index (χ2v) is 5.54. The third-order valence-corrected chi connectivity index (χ3v) is 3.83. The summed E-state index contributed by atoms with van der Waals surface area (Å²) in [7, 11) is 0. The fourth-order valence-corrected chi connectivity index (χ4v) is 2.93. The lowest BCUT2D eigenvalue weighted by Crippen LogP contribution is -2.27. The van der Waals surface area contributed by atoms with Gasteiger partial charge in [0.1, 0.15) is 0 Å². The van der Waals surface area contributed by atoms with Crippen molar-refractivity contribution in [2.75, 3.05) is 13.1 Å². The molecule has 2 heterocycles. The molecule has 2 aromatic rings. The van der Waals surface area contributed by atoms with E-state index >= 15 is 0 Å². The first-order valence-corrected chi connectivity index (χ1v) is 7.06. The van der Waals surface area contributed by atoms with E-state index < -0.39 is 0 Å². The van der Waals surface area contributed by atoms with Crippen LogP contribution in [0.3, 0.4) is 0 Å². The van der Waals surface area contributed by atoms with Crippen LogP contribution in [0.1, 0.15) is 31.4 Å². The van der Waals surface area contributed by atoms with Crippen molar-refractivity contribution in [1.82, 2.24) is 15.1 Å². The average molecular weight is 255 g/mol. The Morgan fingerprint density at radius 3 is 2.84 bits per heavy atom. The van der Waals surface area contributed by atoms with E-state index in [0.717, 1.165) is 25.2 Å². The summed E-state index contributed by atoms with van der Waals surface area (Å²) in [4.78, 5) is 0. The van der Waals surface area contributed by atoms with Crippen molar-refractivity contribution in [2.24, 2.45) is 0 Å². The van der Waals surface area contributed by atoms with Gasteiger partial charge >= 0.3 is 0 Å². The normalized spacial score (nSPS) is 16.9. The Balaban J connectivity index is 2.05. The van der Waals surface area contributed by atoms with Gasteiger partial charge in [-0.2, -0.15) is 5.10 Å². The fraction of sp³-hybridized carbons (Fsp3) is 0.438. The summed E-state index contributed by atoms with van der Waals surface area (Å²) >= 11 is 0. The minimum Gasteiger partial charge on any atom is -0.317 e. The van der Waals surface area contributed by atoms with Crippen LogP contribution in [0.25, 0.3) is 10.9 Å². The van der Waals surface area contributed by atoms with Crippen molar-refractivity contribution < 1.29 is 0 Å². The van der Waals surface area contributed by atoms with Crippen molar-refractivity contribution in [3.8, 4) is 0 Å². The summed E-state index contributed by atoms with van der Waals surface area (Å²) in [6.07, 6.45) is 2.38. The number of nitrogens with one attached hydrogen (secondary N) is 1. The number of para-hydroxylation sites is 1. The van der Waals surface area contributed by atoms with Gasteiger partial charge in [-0.3, -0.25) is 4.68 Å². The number of hydrogen-bond donors (Lipinski definition) is 1. The topological polar surface area (TPSA) is 29.9 Å². The lowest BCUT2D eigenvalue weighted by molar-refractivity contribution is 0.450. The Morgan fingerprint density at radius 2 is 2.11 bits per heavy atom. The van der Waals surface area contributed by atoms with Crippen molar-refractivity contribution in [3.63, 3.8) is 0 Å². The molecule has 1 aliphatic heterocycles. The number of piperidine rings is 1. The van der Waals surface area contributed by atoms with E-state index in [4.69, 9.17) is 5.10 Å². The van der Waals surface area contributed by atoms with Crippen molar-refractivity contribution in [2.45, 2.75) is 32.2 Å². The molecule has 3 nitrogen and oxygen atoms in total. The molecule has 1 fully saturated rings. The van der Waals surface area contributed by atoms with Crippen LogP contribution in [-0.2, 0) is 6.54 Å². The van der Waals surface area contributed by atoms with Crippen LogP contribution >= 0.6 is 0 Å². The molecule has 1 aromatic carbocycles. The molecule has 0 aliphatic carbocycles. The first-order chi connectivity index (χ1) is 9.25. The van der Waals surface area contributed by atoms with Crippen LogP contribution in [-0.4, -0.2) is 22.9 Å². The average Bonchev–Trinajstić information content (AvgIpc) is 2.78. The highest BCUT2D eigenvalue weighted by molar-refractivity contribution is 5.82. The minimum absolute atomic E-state index is 0.595. The van der Waals surface area contributed by atoms with Gasteiger partial charge < -0.3 is 5.32 Å². The third-order valence-electron chi connectivity index (χ3n) is 3.83. The van der Waals surface area contributed by atoms with E-state index in [1.54, 1.807) is 0 Å². The number of rotatable bonds is 3. The Labute approximate surface area is 114 Å². The molecular weight excluding hydrogens is 234 g/mol. The molecule has 0 bridgehead atoms. The summed E-state index contributed by atoms with van der Waals surface area (Å²) in [6.45, 7) is 9.08. The second kappa shape index (κ2) is 5.17. The van der Waals surface area contributed by atoms with Crippen molar-refractivity contribution in [3.05, 3.63) is 42.1 Å². The van der Waals surface area contributed by atoms with Crippen LogP contribution in [0.15, 0.2) is 36.4 Å². The maximum atomic E-state index is 4.88. The van der Waals surface area contributed by atoms with E-state index in [9.17, 15) is 0 Å². The summed E-state index contributed by atoms with van der Waals surface area (Å²) in [5.41, 5.74) is 3.66. The summed E-state index contributed by atoms with van der Waals surface area (Å²) < 4.78 is 2.11. The van der Waals surface area contributed by atoms with E-state index in [1.165, 1.54) is 29.4 Å². The Kier molecular flexibility index (Phi) is 3.38. The Hall–Kier alpha value is -1.61. The van der Waals surface area contributed by atoms with Gasteiger partial charge in [-0.25, -0.2) is 0 Å². The number of fused-ring (bicyclic) bond motifs is 1. The molecule has 0 saturated carbocycles. The molecule has 100 valence electrons. The molecule has 0 spiro atoms. The standard InChI is InChI=1S/C16H21N3/c1-12(2)11-19-15-6-4-3-5-14(15)16(18-19)13-7-9-17-10-8-13/h3-6,13,17H,1,7-11H2,2H3. The maximum Gasteiger partial charge on any atom is 0.0735 e. The molecule has 0 atom stereocenters. The van der Waals surface area contributed by atoms with E-state index in [-0.39, 0.29) is 0 Å². The van der Waals surface area contributed by atoms with Crippen molar-refractivity contribution >= 4 is 10.9 Å². The molecule has 1 saturated heterocycles. The van der Waals surface area contributed by atoms with Gasteiger partial charge in [0.15, 0.2) is 0 Å². The van der Waals surface area contributed by atoms with Gasteiger partial charge in [0.2, 0.25) is 0 Å². The predicted octanol–water partition coefficient (Wildman–Crippen LogP) is 3.08. The third kappa shape index (κ3) is 2.43. The molecule has 19 heavy (non-hydrogen) atoms. The quantitative estimate of drug-likeness (QED) is 0.854. The van der Waals surface area contributed by atoms with Crippen LogP contribution in [0.4, 0.5) is 0 Å². The summed E-state index contributed by atoms with van der Waals surface area (Å²) in [5.74, 6) is 0.595. The number of nitrogens with zero attached hydrogens (tertiary/aromatic N) is 2. The molecule has 0 radical (unpaired) electrons. The number of aromatic nitrogens is 2. The molecule has 0 amide bonds. The highest BCUT2D eigenvalue weighted by atomic mass is 15.3. The van der Waals surface area contributed by atoms with E-state index in [1.807, 2.05) is 0 Å². The van der Waals surface area contributed by atoms with Gasteiger partial charge in [-0.05, 0) is 38.9 Å². The molecule has 1 aromatic heterocycles. The lowest BCUT2D eigenvalue weighted by Gasteiger charge is -2.21. The van der Waals surface area contributed by atoms with Crippen LogP contribution in [0.5, 0.6) is 0 Å². The molecule has 3 rings (SSSR count). The molecule has 1 N–H and O–H groups in total. The van der Waals surface area contributed by atoms with Gasteiger partial charge in [0.25, 0.3) is 0 Å². The number of hydrogen-bond acceptors (Lipinski definition) is 2. The smallest absolute Gasteiger partial charge is 0.0735 e. The minimum atomic E-state index is 0.595. The van der Waals surface area contributed by atoms with Crippen LogP contribution in [0.2, 0.25) is 0 Å². The summed E-state index contributed by atoms with van der Waals surface area (Å²) in [5, 5.41) is 9.62. The zero-order chi connectivity index (χ0) is 13.2. The van der Waals surface area contributed by atoms with Gasteiger partial charge in [0.05, 0.1) is 17.8 Å². The van der Waals surface area contributed by atoms with Crippen LogP contribution < -0.4 is 5.32 Å². The molecular formula is C16H21N3. The monoisotopic (exact) mass is 255 g/mol. The highest BCUT2D eigenvalue weighted by Crippen LogP contribution is 2.30. The van der Waals surface area contributed by atoms with Gasteiger partial charge in [0, 0.05) is 11.3 Å². The Morgan fingerprint density at radius 1 is 1.37 bits per heavy atom. The largest absolute Gasteiger partial charge is 0.317 e. The zero-order valence-electron chi connectivity index (χ0n) is 11.5. The SMILES string of the molecule is C=C(C)Cn1nc(C2CCNCC2)c2ccccc21. The summed E-state index contributed by atoms with van der Waals surface area (Å²) in [6, 6.07) is 8.56. The molecule has 1 aliphatic rings. The Bertz CT molecular complexity index is 591. The lowest BCUT2D eigenvalue weighted by atomic mass is 9.93. The number of benzene rings is 1. The van der Waals surface area contributed by atoms with E-state index in [0.29, 0.717) is 5.92 Å². The number of allylic oxidation sites excluding steroid dienone is 1. The highest BCUT2D eigenvalue weighted by Gasteiger charge is 2.21. The maximum absolute atomic E-state index is 4.88. The first-order valence-electron chi connectivity index (χ1n) is 7.06. The predicted molar refractivity (Wildman–Crippen MR) is 79.4 cm³/mol. The fourth-order valence-electron chi connectivity index (χ4n) is 2.93. The zero-order valence-corrected chi connectivity index (χ0v) is 11.5. The van der Waals surface area contributed by atoms with Crippen LogP contribution in [0, 0.1) is 0 Å².